The SMILES string of the molecule is CCOP(=O)(N/N=C(/C=C/c1ccccc1)c1ccccc1)OCC. The number of hydrogen-bond acceptors (Lipinski definition) is 4. The zero-order chi connectivity index (χ0) is 18.0. The van der Waals surface area contributed by atoms with Crippen LogP contribution in [0.25, 0.3) is 6.08 Å². The predicted molar refractivity (Wildman–Crippen MR) is 102 cm³/mol. The molecule has 0 atom stereocenters. The van der Waals surface area contributed by atoms with E-state index in [-0.39, 0.29) is 13.2 Å². The average Bonchev–Trinajstić information content (AvgIpc) is 2.64. The standard InChI is InChI=1S/C19H23N2O3P/c1-3-23-25(22,24-4-2)21-20-19(18-13-9-6-10-14-18)16-15-17-11-7-5-8-12-17/h5-16H,3-4H2,1-2H3,(H,21,22)/b16-15+,20-19-. The Balaban J connectivity index is 2.28. The van der Waals surface area contributed by atoms with Gasteiger partial charge >= 0.3 is 7.75 Å². The lowest BCUT2D eigenvalue weighted by molar-refractivity contribution is 0.211. The van der Waals surface area contributed by atoms with Gasteiger partial charge in [0.05, 0.1) is 18.9 Å². The van der Waals surface area contributed by atoms with Gasteiger partial charge in [-0.05, 0) is 25.5 Å². The molecule has 1 N–H and O–H groups in total. The maximum Gasteiger partial charge on any atom is 0.448 e. The molecule has 0 fully saturated rings. The molecule has 0 heterocycles. The highest BCUT2D eigenvalue weighted by molar-refractivity contribution is 7.51. The molecule has 0 saturated heterocycles. The highest BCUT2D eigenvalue weighted by Gasteiger charge is 2.22. The van der Waals surface area contributed by atoms with Gasteiger partial charge in [-0.3, -0.25) is 9.05 Å². The van der Waals surface area contributed by atoms with Gasteiger partial charge in [-0.2, -0.15) is 5.10 Å². The molecule has 0 aromatic heterocycles. The second-order valence-corrected chi connectivity index (χ2v) is 6.75. The van der Waals surface area contributed by atoms with Crippen molar-refractivity contribution in [1.29, 1.82) is 0 Å². The van der Waals surface area contributed by atoms with Crippen LogP contribution in [0.5, 0.6) is 0 Å². The fourth-order valence-corrected chi connectivity index (χ4v) is 3.20. The van der Waals surface area contributed by atoms with Crippen LogP contribution >= 0.6 is 7.75 Å². The maximum absolute atomic E-state index is 12.5. The molecule has 0 radical (unpaired) electrons. The molecule has 0 spiro atoms. The van der Waals surface area contributed by atoms with E-state index < -0.39 is 7.75 Å². The molecule has 132 valence electrons. The van der Waals surface area contributed by atoms with E-state index in [9.17, 15) is 4.57 Å². The molecule has 25 heavy (non-hydrogen) atoms. The summed E-state index contributed by atoms with van der Waals surface area (Å²) in [5.41, 5.74) is 2.56. The number of nitrogens with one attached hydrogen (secondary N) is 1. The molecular formula is C19H23N2O3P. The van der Waals surface area contributed by atoms with E-state index in [1.165, 1.54) is 0 Å². The molecule has 2 aromatic carbocycles. The van der Waals surface area contributed by atoms with Crippen molar-refractivity contribution in [3.05, 3.63) is 77.9 Å². The first-order valence-electron chi connectivity index (χ1n) is 8.19. The molecule has 0 saturated carbocycles. The van der Waals surface area contributed by atoms with Crippen LogP contribution in [0.4, 0.5) is 0 Å². The Labute approximate surface area is 149 Å². The van der Waals surface area contributed by atoms with E-state index in [0.717, 1.165) is 11.1 Å². The summed E-state index contributed by atoms with van der Waals surface area (Å²) in [6.07, 6.45) is 3.81. The van der Waals surface area contributed by atoms with E-state index in [4.69, 9.17) is 9.05 Å². The third-order valence-corrected chi connectivity index (χ3v) is 4.74. The molecule has 0 unspecified atom stereocenters. The van der Waals surface area contributed by atoms with E-state index >= 15 is 0 Å². The minimum Gasteiger partial charge on any atom is -0.292 e. The van der Waals surface area contributed by atoms with Crippen molar-refractivity contribution in [2.75, 3.05) is 13.2 Å². The number of hydrazone groups is 1. The van der Waals surface area contributed by atoms with Crippen molar-refractivity contribution in [3.8, 4) is 0 Å². The third-order valence-electron chi connectivity index (χ3n) is 3.19. The number of hydrogen-bond donors (Lipinski definition) is 1. The normalized spacial score (nSPS) is 12.5. The van der Waals surface area contributed by atoms with Crippen LogP contribution in [0.2, 0.25) is 0 Å². The second kappa shape index (κ2) is 9.94. The van der Waals surface area contributed by atoms with Gasteiger partial charge in [0.1, 0.15) is 0 Å². The van der Waals surface area contributed by atoms with Gasteiger partial charge in [-0.25, -0.2) is 9.76 Å². The van der Waals surface area contributed by atoms with E-state index in [1.54, 1.807) is 13.8 Å². The van der Waals surface area contributed by atoms with E-state index in [0.29, 0.717) is 5.71 Å². The summed E-state index contributed by atoms with van der Waals surface area (Å²) in [5, 5.41) is 6.87. The van der Waals surface area contributed by atoms with Gasteiger partial charge in [0.25, 0.3) is 0 Å². The first kappa shape index (κ1) is 19.1. The smallest absolute Gasteiger partial charge is 0.292 e. The highest BCUT2D eigenvalue weighted by Crippen LogP contribution is 2.43. The van der Waals surface area contributed by atoms with Gasteiger partial charge in [-0.1, -0.05) is 66.7 Å². The van der Waals surface area contributed by atoms with Crippen molar-refractivity contribution < 1.29 is 13.6 Å². The van der Waals surface area contributed by atoms with Crippen molar-refractivity contribution in [2.45, 2.75) is 13.8 Å². The maximum atomic E-state index is 12.5. The fraction of sp³-hybridized carbons (Fsp3) is 0.211. The largest absolute Gasteiger partial charge is 0.448 e. The topological polar surface area (TPSA) is 59.9 Å². The fourth-order valence-electron chi connectivity index (χ4n) is 2.10. The minimum atomic E-state index is -3.46. The van der Waals surface area contributed by atoms with E-state index in [1.807, 2.05) is 72.8 Å². The summed E-state index contributed by atoms with van der Waals surface area (Å²) in [5.74, 6) is 0. The Bertz CT molecular complexity index is 736. The average molecular weight is 358 g/mol. The number of allylic oxidation sites excluding steroid dienone is 1. The number of nitrogens with zero attached hydrogens (tertiary/aromatic N) is 1. The Morgan fingerprint density at radius 2 is 1.56 bits per heavy atom. The number of benzene rings is 2. The Kier molecular flexibility index (Phi) is 7.61. The molecule has 0 bridgehead atoms. The van der Waals surface area contributed by atoms with Gasteiger partial charge in [-0.15, -0.1) is 0 Å². The summed E-state index contributed by atoms with van der Waals surface area (Å²) in [4.78, 5) is 0. The summed E-state index contributed by atoms with van der Waals surface area (Å²) in [7, 11) is -3.46. The first-order valence-corrected chi connectivity index (χ1v) is 9.73. The van der Waals surface area contributed by atoms with Crippen LogP contribution < -0.4 is 5.20 Å². The molecule has 6 heteroatoms. The van der Waals surface area contributed by atoms with Gasteiger partial charge < -0.3 is 0 Å². The molecular weight excluding hydrogens is 335 g/mol. The first-order chi connectivity index (χ1) is 12.2. The minimum absolute atomic E-state index is 0.264. The van der Waals surface area contributed by atoms with Crippen molar-refractivity contribution in [3.63, 3.8) is 0 Å². The lowest BCUT2D eigenvalue weighted by atomic mass is 10.1. The molecule has 0 amide bonds. The summed E-state index contributed by atoms with van der Waals surface area (Å²) in [6, 6.07) is 19.5. The lowest BCUT2D eigenvalue weighted by Crippen LogP contribution is -2.12. The molecule has 0 aliphatic carbocycles. The van der Waals surface area contributed by atoms with Crippen LogP contribution in [0.15, 0.2) is 71.8 Å². The summed E-state index contributed by atoms with van der Waals surface area (Å²) in [6.45, 7) is 4.04. The second-order valence-electron chi connectivity index (χ2n) is 5.04. The molecule has 0 aliphatic heterocycles. The molecule has 2 aromatic rings. The summed E-state index contributed by atoms with van der Waals surface area (Å²) >= 11 is 0. The summed E-state index contributed by atoms with van der Waals surface area (Å²) < 4.78 is 23.0. The Morgan fingerprint density at radius 3 is 2.12 bits per heavy atom. The monoisotopic (exact) mass is 358 g/mol. The van der Waals surface area contributed by atoms with Crippen molar-refractivity contribution >= 4 is 19.5 Å². The third kappa shape index (κ3) is 6.31. The highest BCUT2D eigenvalue weighted by atomic mass is 31.2. The van der Waals surface area contributed by atoms with Gasteiger partial charge in [0, 0.05) is 5.56 Å². The zero-order valence-electron chi connectivity index (χ0n) is 14.5. The van der Waals surface area contributed by atoms with Crippen LogP contribution in [0.3, 0.4) is 0 Å². The molecule has 2 rings (SSSR count). The van der Waals surface area contributed by atoms with Crippen LogP contribution in [-0.4, -0.2) is 18.9 Å². The lowest BCUT2D eigenvalue weighted by Gasteiger charge is -2.16. The van der Waals surface area contributed by atoms with Crippen LogP contribution in [-0.2, 0) is 13.6 Å². The van der Waals surface area contributed by atoms with Gasteiger partial charge in [0.2, 0.25) is 0 Å². The quantitative estimate of drug-likeness (QED) is 0.394. The predicted octanol–water partition coefficient (Wildman–Crippen LogP) is 4.87. The van der Waals surface area contributed by atoms with Crippen LogP contribution in [0, 0.1) is 0 Å². The van der Waals surface area contributed by atoms with Crippen LogP contribution in [0.1, 0.15) is 25.0 Å². The zero-order valence-corrected chi connectivity index (χ0v) is 15.4. The number of rotatable bonds is 9. The van der Waals surface area contributed by atoms with Crippen molar-refractivity contribution in [1.82, 2.24) is 5.20 Å². The Morgan fingerprint density at radius 1 is 1.00 bits per heavy atom. The Hall–Kier alpha value is -2.20. The van der Waals surface area contributed by atoms with Gasteiger partial charge in [0.15, 0.2) is 0 Å². The van der Waals surface area contributed by atoms with E-state index in [2.05, 4.69) is 10.3 Å². The molecule has 0 aliphatic rings. The molecule has 5 nitrogen and oxygen atoms in total. The van der Waals surface area contributed by atoms with Crippen molar-refractivity contribution in [2.24, 2.45) is 5.10 Å².